The number of nitrogens with zero attached hydrogens (tertiary/aromatic N) is 3. The topological polar surface area (TPSA) is 213 Å². The van der Waals surface area contributed by atoms with Crippen LogP contribution in [0.25, 0.3) is 33.3 Å². The van der Waals surface area contributed by atoms with Crippen molar-refractivity contribution >= 4 is 63.0 Å². The highest BCUT2D eigenvalue weighted by Gasteiger charge is 2.25. The number of hydrogen-bond acceptors (Lipinski definition) is 12. The quantitative estimate of drug-likeness (QED) is 0.0213. The van der Waals surface area contributed by atoms with E-state index in [4.69, 9.17) is 19.9 Å². The molecule has 62 heavy (non-hydrogen) atoms. The molecule has 3 heterocycles. The van der Waals surface area contributed by atoms with Crippen LogP contribution in [0.1, 0.15) is 61.4 Å². The van der Waals surface area contributed by atoms with Gasteiger partial charge < -0.3 is 30.2 Å². The van der Waals surface area contributed by atoms with E-state index in [1.165, 1.54) is 30.8 Å². The summed E-state index contributed by atoms with van der Waals surface area (Å²) in [5.41, 5.74) is 9.05. The number of anilines is 1. The first-order chi connectivity index (χ1) is 30.1. The number of H-pyrrole nitrogens is 2. The summed E-state index contributed by atoms with van der Waals surface area (Å²) in [5.74, 6) is -1.74. The number of nitrogens with one attached hydrogen (secondary N) is 3. The number of nitrogen functional groups attached to an aromatic ring is 1. The lowest BCUT2D eigenvalue weighted by molar-refractivity contribution is -0.126. The van der Waals surface area contributed by atoms with Crippen LogP contribution < -0.4 is 16.6 Å². The van der Waals surface area contributed by atoms with Crippen molar-refractivity contribution in [2.24, 2.45) is 0 Å². The SMILES string of the molecule is CC(=O)N[C@@H](CSc1nc2c(=O)[nH]c(N)nc2n1Cc1ccc(F)cc1)C(=O)CCCCOCCOCCOCCCCC(=O)C(=O)c1c(-c2ccccc2)[nH]c2ccccc12. The van der Waals surface area contributed by atoms with Crippen LogP contribution in [-0.2, 0) is 35.1 Å². The van der Waals surface area contributed by atoms with Gasteiger partial charge in [0.15, 0.2) is 22.1 Å². The van der Waals surface area contributed by atoms with E-state index < -0.39 is 23.2 Å². The number of aromatic nitrogens is 5. The van der Waals surface area contributed by atoms with Gasteiger partial charge in [-0.15, -0.1) is 0 Å². The Morgan fingerprint density at radius 1 is 0.806 bits per heavy atom. The summed E-state index contributed by atoms with van der Waals surface area (Å²) in [5, 5.41) is 3.85. The Balaban J connectivity index is 0.832. The van der Waals surface area contributed by atoms with Gasteiger partial charge in [0.25, 0.3) is 5.56 Å². The molecular formula is C45H50FN7O8S. The summed E-state index contributed by atoms with van der Waals surface area (Å²) in [6.07, 6.45) is 2.69. The highest BCUT2D eigenvalue weighted by atomic mass is 32.2. The van der Waals surface area contributed by atoms with Gasteiger partial charge in [0.2, 0.25) is 23.4 Å². The van der Waals surface area contributed by atoms with Gasteiger partial charge in [-0.3, -0.25) is 33.5 Å². The van der Waals surface area contributed by atoms with Crippen molar-refractivity contribution < 1.29 is 37.8 Å². The number of amides is 1. The number of halogens is 1. The van der Waals surface area contributed by atoms with E-state index in [-0.39, 0.29) is 59.8 Å². The number of ether oxygens (including phenoxy) is 3. The highest BCUT2D eigenvalue weighted by Crippen LogP contribution is 2.31. The molecule has 0 saturated carbocycles. The summed E-state index contributed by atoms with van der Waals surface area (Å²) >= 11 is 1.19. The second kappa shape index (κ2) is 22.7. The molecule has 0 fully saturated rings. The maximum absolute atomic E-state index is 13.6. The van der Waals surface area contributed by atoms with Crippen LogP contribution in [0.3, 0.4) is 0 Å². The minimum Gasteiger partial charge on any atom is -0.379 e. The molecule has 5 N–H and O–H groups in total. The molecule has 0 radical (unpaired) electrons. The Morgan fingerprint density at radius 2 is 1.45 bits per heavy atom. The standard InChI is InChI=1S/C45H50FN7O8S/c1-29(54)48-35(28-62-45-50-40-42(51-44(47)52-43(40)58)53(45)27-30-17-19-32(46)20-18-30)36(55)15-7-9-21-59-23-25-61-26-24-60-22-10-8-16-37(56)41(57)38-33-13-5-6-14-34(33)49-39(38)31-11-3-2-4-12-31/h2-6,11-14,17-20,35,49H,7-10,15-16,21-28H2,1H3,(H,48,54)(H3,47,51,52,58)/t35-/m0/s1. The molecule has 0 aliphatic rings. The molecule has 6 rings (SSSR count). The van der Waals surface area contributed by atoms with Gasteiger partial charge in [0.1, 0.15) is 5.82 Å². The zero-order chi connectivity index (χ0) is 43.8. The van der Waals surface area contributed by atoms with Gasteiger partial charge in [-0.05, 0) is 55.0 Å². The molecule has 1 atom stereocenters. The smallest absolute Gasteiger partial charge is 0.280 e. The Hall–Kier alpha value is -6.01. The lowest BCUT2D eigenvalue weighted by Crippen LogP contribution is -2.41. The molecule has 3 aromatic carbocycles. The van der Waals surface area contributed by atoms with Gasteiger partial charge >= 0.3 is 0 Å². The van der Waals surface area contributed by atoms with Crippen LogP contribution in [-0.4, -0.2) is 99.2 Å². The molecule has 0 bridgehead atoms. The molecule has 6 aromatic rings. The third-order valence-electron chi connectivity index (χ3n) is 9.89. The Bertz CT molecular complexity index is 2520. The highest BCUT2D eigenvalue weighted by molar-refractivity contribution is 7.99. The molecule has 17 heteroatoms. The third-order valence-corrected chi connectivity index (χ3v) is 11.0. The fourth-order valence-electron chi connectivity index (χ4n) is 6.81. The average molecular weight is 868 g/mol. The minimum absolute atomic E-state index is 0.0681. The number of imidazole rings is 1. The fourth-order valence-corrected chi connectivity index (χ4v) is 7.86. The maximum atomic E-state index is 13.6. The Labute approximate surface area is 361 Å². The first-order valence-corrected chi connectivity index (χ1v) is 21.5. The first-order valence-electron chi connectivity index (χ1n) is 20.5. The molecule has 0 aliphatic heterocycles. The van der Waals surface area contributed by atoms with Gasteiger partial charge in [-0.1, -0.05) is 72.4 Å². The number of nitrogens with two attached hydrogens (primary N) is 1. The number of para-hydroxylation sites is 1. The number of carbonyl (C=O) groups excluding carboxylic acids is 4. The molecule has 0 aliphatic carbocycles. The minimum atomic E-state index is -0.805. The van der Waals surface area contributed by atoms with Crippen molar-refractivity contribution in [3.8, 4) is 11.3 Å². The van der Waals surface area contributed by atoms with E-state index in [0.717, 1.165) is 22.0 Å². The molecule has 0 saturated heterocycles. The zero-order valence-electron chi connectivity index (χ0n) is 34.5. The van der Waals surface area contributed by atoms with Crippen molar-refractivity contribution in [2.45, 2.75) is 63.2 Å². The van der Waals surface area contributed by atoms with Gasteiger partial charge in [-0.2, -0.15) is 4.98 Å². The predicted octanol–water partition coefficient (Wildman–Crippen LogP) is 6.05. The van der Waals surface area contributed by atoms with Crippen LogP contribution in [0.2, 0.25) is 0 Å². The van der Waals surface area contributed by atoms with Crippen LogP contribution in [0.5, 0.6) is 0 Å². The number of benzene rings is 3. The number of ketones is 3. The Kier molecular flexibility index (Phi) is 16.7. The Morgan fingerprint density at radius 3 is 2.15 bits per heavy atom. The van der Waals surface area contributed by atoms with Crippen molar-refractivity contribution in [2.75, 3.05) is 51.1 Å². The largest absolute Gasteiger partial charge is 0.379 e. The number of hydrogen-bond donors (Lipinski definition) is 4. The number of fused-ring (bicyclic) bond motifs is 2. The summed E-state index contributed by atoms with van der Waals surface area (Å²) < 4.78 is 32.1. The first kappa shape index (κ1) is 45.5. The number of thioether (sulfide) groups is 1. The molecule has 326 valence electrons. The van der Waals surface area contributed by atoms with E-state index >= 15 is 0 Å². The molecule has 0 spiro atoms. The summed E-state index contributed by atoms with van der Waals surface area (Å²) in [7, 11) is 0. The third kappa shape index (κ3) is 12.5. The zero-order valence-corrected chi connectivity index (χ0v) is 35.3. The van der Waals surface area contributed by atoms with Crippen LogP contribution >= 0.6 is 11.8 Å². The van der Waals surface area contributed by atoms with E-state index in [1.807, 2.05) is 54.6 Å². The number of rotatable bonds is 26. The number of aromatic amines is 2. The van der Waals surface area contributed by atoms with Crippen molar-refractivity contribution in [3.63, 3.8) is 0 Å². The van der Waals surface area contributed by atoms with Crippen LogP contribution in [0.4, 0.5) is 10.3 Å². The summed E-state index contributed by atoms with van der Waals surface area (Å²) in [4.78, 5) is 78.6. The molecule has 1 amide bonds. The summed E-state index contributed by atoms with van der Waals surface area (Å²) in [6, 6.07) is 22.1. The van der Waals surface area contributed by atoms with E-state index in [9.17, 15) is 28.4 Å². The number of unbranched alkanes of at least 4 members (excludes halogenated alkanes) is 2. The second-order valence-electron chi connectivity index (χ2n) is 14.6. The molecule has 0 unspecified atom stereocenters. The second-order valence-corrected chi connectivity index (χ2v) is 15.5. The normalized spacial score (nSPS) is 11.9. The maximum Gasteiger partial charge on any atom is 0.280 e. The van der Waals surface area contributed by atoms with E-state index in [2.05, 4.69) is 25.3 Å². The van der Waals surface area contributed by atoms with Gasteiger partial charge in [-0.25, -0.2) is 9.37 Å². The molecule has 3 aromatic heterocycles. The molecular weight excluding hydrogens is 818 g/mol. The number of Topliss-reactive ketones (excluding diaryl/α,β-unsaturated/α-hetero) is 3. The average Bonchev–Trinajstić information content (AvgIpc) is 3.82. The lowest BCUT2D eigenvalue weighted by Gasteiger charge is -2.17. The van der Waals surface area contributed by atoms with E-state index in [0.29, 0.717) is 81.7 Å². The van der Waals surface area contributed by atoms with Crippen LogP contribution in [0.15, 0.2) is 88.8 Å². The fraction of sp³-hybridized carbons (Fsp3) is 0.356. The van der Waals surface area contributed by atoms with Gasteiger partial charge in [0, 0.05) is 49.6 Å². The van der Waals surface area contributed by atoms with E-state index in [1.54, 1.807) is 16.7 Å². The summed E-state index contributed by atoms with van der Waals surface area (Å²) in [6.45, 7) is 3.94. The lowest BCUT2D eigenvalue weighted by atomic mass is 9.97. The van der Waals surface area contributed by atoms with Gasteiger partial charge in [0.05, 0.1) is 50.3 Å². The van der Waals surface area contributed by atoms with Crippen LogP contribution in [0, 0.1) is 5.82 Å². The monoisotopic (exact) mass is 867 g/mol. The molecule has 15 nitrogen and oxygen atoms in total. The van der Waals surface area contributed by atoms with Crippen molar-refractivity contribution in [3.05, 3.63) is 106 Å². The predicted molar refractivity (Wildman–Crippen MR) is 235 cm³/mol. The van der Waals surface area contributed by atoms with Crippen molar-refractivity contribution in [1.82, 2.24) is 29.8 Å². The van der Waals surface area contributed by atoms with Crippen molar-refractivity contribution in [1.29, 1.82) is 0 Å². The number of carbonyl (C=O) groups is 4.